The van der Waals surface area contributed by atoms with Crippen LogP contribution >= 0.6 is 0 Å². The molecule has 184 valence electrons. The van der Waals surface area contributed by atoms with Crippen molar-refractivity contribution >= 4 is 5.91 Å². The van der Waals surface area contributed by atoms with E-state index in [0.29, 0.717) is 54.1 Å². The van der Waals surface area contributed by atoms with Crippen LogP contribution in [-0.2, 0) is 4.74 Å². The summed E-state index contributed by atoms with van der Waals surface area (Å²) >= 11 is 0. The summed E-state index contributed by atoms with van der Waals surface area (Å²) in [4.78, 5) is 15.4. The topological polar surface area (TPSA) is 96.9 Å². The standard InChI is InChI=1S/C27H31N3O5/c1-16(2)15-35-21-11-10-17(13-22(21)33-3)26-23-24(19-8-4-5-9-20(19)31)28-29-25(23)27(32)30(26)14-18-7-6-12-34-18/h4-5,8-11,13,16,18,26,31H,6-7,12,14-15H2,1-3H3,(H,28,29). The molecule has 2 aliphatic rings. The van der Waals surface area contributed by atoms with Gasteiger partial charge in [0.2, 0.25) is 0 Å². The van der Waals surface area contributed by atoms with Gasteiger partial charge in [-0.1, -0.05) is 32.0 Å². The number of hydrogen-bond acceptors (Lipinski definition) is 6. The molecule has 1 fully saturated rings. The van der Waals surface area contributed by atoms with Crippen LogP contribution in [0.4, 0.5) is 0 Å². The van der Waals surface area contributed by atoms with E-state index in [-0.39, 0.29) is 17.8 Å². The van der Waals surface area contributed by atoms with Gasteiger partial charge in [0, 0.05) is 24.3 Å². The van der Waals surface area contributed by atoms with Gasteiger partial charge in [-0.15, -0.1) is 0 Å². The summed E-state index contributed by atoms with van der Waals surface area (Å²) in [6.45, 7) is 5.94. The van der Waals surface area contributed by atoms with E-state index in [1.807, 2.05) is 29.2 Å². The number of carbonyl (C=O) groups is 1. The average Bonchev–Trinajstić information content (AvgIpc) is 3.58. The number of nitrogens with zero attached hydrogens (tertiary/aromatic N) is 2. The van der Waals surface area contributed by atoms with Crippen molar-refractivity contribution in [2.75, 3.05) is 26.9 Å². The normalized spacial score (nSPS) is 19.4. The van der Waals surface area contributed by atoms with Crippen molar-refractivity contribution in [2.45, 2.75) is 38.8 Å². The van der Waals surface area contributed by atoms with Crippen molar-refractivity contribution in [3.8, 4) is 28.5 Å². The number of fused-ring (bicyclic) bond motifs is 1. The van der Waals surface area contributed by atoms with Gasteiger partial charge in [-0.05, 0) is 48.6 Å². The van der Waals surface area contributed by atoms with E-state index in [2.05, 4.69) is 24.0 Å². The molecule has 1 saturated heterocycles. The SMILES string of the molecule is COc1cc(C2c3c(-c4ccccc4O)n[nH]c3C(=O)N2CC2CCCO2)ccc1OCC(C)C. The fourth-order valence-corrected chi connectivity index (χ4v) is 4.85. The number of aromatic hydroxyl groups is 1. The van der Waals surface area contributed by atoms with E-state index in [1.165, 1.54) is 0 Å². The Kier molecular flexibility index (Phi) is 6.38. The molecular formula is C27H31N3O5. The van der Waals surface area contributed by atoms with Gasteiger partial charge in [-0.3, -0.25) is 9.89 Å². The Bertz CT molecular complexity index is 1220. The van der Waals surface area contributed by atoms with Crippen LogP contribution < -0.4 is 9.47 Å². The highest BCUT2D eigenvalue weighted by molar-refractivity contribution is 6.00. The number of carbonyl (C=O) groups excluding carboxylic acids is 1. The molecule has 0 saturated carbocycles. The molecule has 0 bridgehead atoms. The fraction of sp³-hybridized carbons (Fsp3) is 0.407. The number of ether oxygens (including phenoxy) is 3. The first kappa shape index (κ1) is 23.2. The number of phenols is 1. The van der Waals surface area contributed by atoms with Gasteiger partial charge in [0.1, 0.15) is 17.1 Å². The third kappa shape index (κ3) is 4.34. The molecule has 0 radical (unpaired) electrons. The maximum absolute atomic E-state index is 13.6. The summed E-state index contributed by atoms with van der Waals surface area (Å²) in [6, 6.07) is 12.4. The zero-order valence-electron chi connectivity index (χ0n) is 20.3. The highest BCUT2D eigenvalue weighted by atomic mass is 16.5. The van der Waals surface area contributed by atoms with Gasteiger partial charge in [0.25, 0.3) is 5.91 Å². The van der Waals surface area contributed by atoms with Crippen molar-refractivity contribution in [1.29, 1.82) is 0 Å². The number of rotatable bonds is 8. The second-order valence-electron chi connectivity index (χ2n) is 9.49. The number of aromatic nitrogens is 2. The van der Waals surface area contributed by atoms with E-state index >= 15 is 0 Å². The molecule has 5 rings (SSSR count). The minimum absolute atomic E-state index is 0.0115. The summed E-state index contributed by atoms with van der Waals surface area (Å²) in [5.74, 6) is 1.62. The highest BCUT2D eigenvalue weighted by Crippen LogP contribution is 2.46. The van der Waals surface area contributed by atoms with Crippen LogP contribution in [0, 0.1) is 5.92 Å². The first-order valence-electron chi connectivity index (χ1n) is 12.1. The lowest BCUT2D eigenvalue weighted by Crippen LogP contribution is -2.36. The molecule has 0 aliphatic carbocycles. The summed E-state index contributed by atoms with van der Waals surface area (Å²) in [6.07, 6.45) is 1.89. The summed E-state index contributed by atoms with van der Waals surface area (Å²) in [5, 5.41) is 17.9. The Labute approximate surface area is 204 Å². The maximum Gasteiger partial charge on any atom is 0.273 e. The minimum atomic E-state index is -0.414. The number of para-hydroxylation sites is 1. The van der Waals surface area contributed by atoms with Crippen LogP contribution in [0.5, 0.6) is 17.2 Å². The zero-order valence-corrected chi connectivity index (χ0v) is 20.3. The number of phenolic OH excluding ortho intramolecular Hbond substituents is 1. The van der Waals surface area contributed by atoms with Crippen LogP contribution in [0.25, 0.3) is 11.3 Å². The predicted octanol–water partition coefficient (Wildman–Crippen LogP) is 4.55. The molecule has 0 spiro atoms. The zero-order chi connectivity index (χ0) is 24.5. The lowest BCUT2D eigenvalue weighted by atomic mass is 9.95. The Hall–Kier alpha value is -3.52. The van der Waals surface area contributed by atoms with E-state index in [0.717, 1.165) is 24.0 Å². The van der Waals surface area contributed by atoms with Gasteiger partial charge in [0.05, 0.1) is 25.9 Å². The molecule has 2 unspecified atom stereocenters. The van der Waals surface area contributed by atoms with Crippen LogP contribution in [0.15, 0.2) is 42.5 Å². The van der Waals surface area contributed by atoms with Crippen LogP contribution in [0.2, 0.25) is 0 Å². The fourth-order valence-electron chi connectivity index (χ4n) is 4.85. The van der Waals surface area contributed by atoms with E-state index in [9.17, 15) is 9.90 Å². The van der Waals surface area contributed by atoms with E-state index in [4.69, 9.17) is 14.2 Å². The molecule has 8 heteroatoms. The van der Waals surface area contributed by atoms with Gasteiger partial charge in [0.15, 0.2) is 11.5 Å². The third-order valence-corrected chi connectivity index (χ3v) is 6.52. The number of amides is 1. The maximum atomic E-state index is 13.6. The van der Waals surface area contributed by atoms with Crippen molar-refractivity contribution in [3.05, 3.63) is 59.3 Å². The lowest BCUT2D eigenvalue weighted by molar-refractivity contribution is 0.0495. The minimum Gasteiger partial charge on any atom is -0.507 e. The number of aromatic amines is 1. The molecule has 3 aromatic rings. The molecule has 1 aromatic heterocycles. The molecule has 2 aliphatic heterocycles. The quantitative estimate of drug-likeness (QED) is 0.494. The Morgan fingerprint density at radius 1 is 1.23 bits per heavy atom. The van der Waals surface area contributed by atoms with Crippen LogP contribution in [0.1, 0.15) is 54.3 Å². The number of methoxy groups -OCH3 is 1. The van der Waals surface area contributed by atoms with E-state index < -0.39 is 6.04 Å². The Balaban J connectivity index is 1.60. The second kappa shape index (κ2) is 9.62. The van der Waals surface area contributed by atoms with Gasteiger partial charge >= 0.3 is 0 Å². The molecule has 1 amide bonds. The van der Waals surface area contributed by atoms with Gasteiger partial charge in [-0.2, -0.15) is 5.10 Å². The van der Waals surface area contributed by atoms with Gasteiger partial charge in [-0.25, -0.2) is 0 Å². The van der Waals surface area contributed by atoms with Crippen LogP contribution in [0.3, 0.4) is 0 Å². The first-order chi connectivity index (χ1) is 17.0. The number of H-pyrrole nitrogens is 1. The number of benzene rings is 2. The monoisotopic (exact) mass is 477 g/mol. The molecule has 2 aromatic carbocycles. The van der Waals surface area contributed by atoms with Crippen molar-refractivity contribution < 1.29 is 24.1 Å². The predicted molar refractivity (Wildman–Crippen MR) is 131 cm³/mol. The average molecular weight is 478 g/mol. The van der Waals surface area contributed by atoms with E-state index in [1.54, 1.807) is 25.3 Å². The molecule has 2 atom stereocenters. The smallest absolute Gasteiger partial charge is 0.273 e. The summed E-state index contributed by atoms with van der Waals surface area (Å²) in [5.41, 5.74) is 3.19. The highest BCUT2D eigenvalue weighted by Gasteiger charge is 2.44. The summed E-state index contributed by atoms with van der Waals surface area (Å²) < 4.78 is 17.5. The molecular weight excluding hydrogens is 446 g/mol. The van der Waals surface area contributed by atoms with Crippen molar-refractivity contribution in [1.82, 2.24) is 15.1 Å². The third-order valence-electron chi connectivity index (χ3n) is 6.52. The van der Waals surface area contributed by atoms with Crippen molar-refractivity contribution in [2.24, 2.45) is 5.92 Å². The first-order valence-corrected chi connectivity index (χ1v) is 12.1. The van der Waals surface area contributed by atoms with Gasteiger partial charge < -0.3 is 24.2 Å². The summed E-state index contributed by atoms with van der Waals surface area (Å²) in [7, 11) is 1.61. The molecule has 2 N–H and O–H groups in total. The Morgan fingerprint density at radius 3 is 2.77 bits per heavy atom. The molecule has 35 heavy (non-hydrogen) atoms. The lowest BCUT2D eigenvalue weighted by Gasteiger charge is -2.29. The van der Waals surface area contributed by atoms with Crippen LogP contribution in [-0.4, -0.2) is 59.1 Å². The second-order valence-corrected chi connectivity index (χ2v) is 9.49. The molecule has 3 heterocycles. The molecule has 8 nitrogen and oxygen atoms in total. The number of nitrogens with one attached hydrogen (secondary N) is 1. The number of hydrogen-bond donors (Lipinski definition) is 2. The Morgan fingerprint density at radius 2 is 2.06 bits per heavy atom. The van der Waals surface area contributed by atoms with Crippen molar-refractivity contribution in [3.63, 3.8) is 0 Å². The largest absolute Gasteiger partial charge is 0.507 e.